The number of amides is 1. The summed E-state index contributed by atoms with van der Waals surface area (Å²) in [6.07, 6.45) is 0. The maximum atomic E-state index is 11.3. The van der Waals surface area contributed by atoms with E-state index in [1.54, 1.807) is 20.9 Å². The molecule has 0 aliphatic heterocycles. The van der Waals surface area contributed by atoms with Crippen molar-refractivity contribution >= 4 is 5.91 Å². The molecule has 1 amide bonds. The van der Waals surface area contributed by atoms with Crippen molar-refractivity contribution in [1.82, 2.24) is 5.32 Å². The number of carbonyl (C=O) groups is 1. The number of rotatable bonds is 3. The van der Waals surface area contributed by atoms with Gasteiger partial charge in [-0.05, 0) is 19.3 Å². The highest BCUT2D eigenvalue weighted by Gasteiger charge is 2.29. The summed E-state index contributed by atoms with van der Waals surface area (Å²) < 4.78 is 5.53. The lowest BCUT2D eigenvalue weighted by Crippen LogP contribution is -2.44. The van der Waals surface area contributed by atoms with E-state index in [0.717, 1.165) is 0 Å². The SMILES string of the molecule is CNC(=O)C(C)(C)OCC(C)(C)C. The third-order valence-corrected chi connectivity index (χ3v) is 1.64. The fourth-order valence-corrected chi connectivity index (χ4v) is 0.764. The molecule has 0 fully saturated rings. The Balaban J connectivity index is 4.11. The first-order valence-corrected chi connectivity index (χ1v) is 4.55. The maximum absolute atomic E-state index is 11.3. The first-order chi connectivity index (χ1) is 5.69. The van der Waals surface area contributed by atoms with E-state index in [2.05, 4.69) is 26.1 Å². The molecule has 0 rings (SSSR count). The third-order valence-electron chi connectivity index (χ3n) is 1.64. The Morgan fingerprint density at radius 2 is 1.69 bits per heavy atom. The number of carbonyl (C=O) groups excluding carboxylic acids is 1. The molecular weight excluding hydrogens is 166 g/mol. The summed E-state index contributed by atoms with van der Waals surface area (Å²) in [6.45, 7) is 10.4. The van der Waals surface area contributed by atoms with E-state index in [1.165, 1.54) is 0 Å². The summed E-state index contributed by atoms with van der Waals surface area (Å²) in [7, 11) is 1.62. The van der Waals surface area contributed by atoms with E-state index in [-0.39, 0.29) is 11.3 Å². The van der Waals surface area contributed by atoms with Crippen LogP contribution in [0.5, 0.6) is 0 Å². The molecule has 0 saturated heterocycles. The number of nitrogens with one attached hydrogen (secondary N) is 1. The molecular formula is C10H21NO2. The van der Waals surface area contributed by atoms with E-state index < -0.39 is 5.60 Å². The molecule has 78 valence electrons. The minimum atomic E-state index is -0.734. The summed E-state index contributed by atoms with van der Waals surface area (Å²) in [6, 6.07) is 0. The van der Waals surface area contributed by atoms with Crippen LogP contribution in [0.25, 0.3) is 0 Å². The van der Waals surface area contributed by atoms with Gasteiger partial charge >= 0.3 is 0 Å². The van der Waals surface area contributed by atoms with Crippen molar-refractivity contribution in [2.24, 2.45) is 5.41 Å². The molecule has 13 heavy (non-hydrogen) atoms. The van der Waals surface area contributed by atoms with Crippen LogP contribution in [0, 0.1) is 5.41 Å². The lowest BCUT2D eigenvalue weighted by molar-refractivity contribution is -0.145. The van der Waals surface area contributed by atoms with Crippen LogP contribution in [0.4, 0.5) is 0 Å². The van der Waals surface area contributed by atoms with Crippen molar-refractivity contribution in [2.45, 2.75) is 40.2 Å². The standard InChI is InChI=1S/C10H21NO2/c1-9(2,3)7-13-10(4,5)8(12)11-6/h7H2,1-6H3,(H,11,12). The van der Waals surface area contributed by atoms with Crippen molar-refractivity contribution < 1.29 is 9.53 Å². The summed E-state index contributed by atoms with van der Waals surface area (Å²) in [5.74, 6) is -0.0863. The van der Waals surface area contributed by atoms with Gasteiger partial charge in [0.05, 0.1) is 6.61 Å². The van der Waals surface area contributed by atoms with E-state index in [4.69, 9.17) is 4.74 Å². The van der Waals surface area contributed by atoms with Gasteiger partial charge in [0.15, 0.2) is 0 Å². The zero-order chi connectivity index (χ0) is 10.7. The van der Waals surface area contributed by atoms with E-state index in [1.807, 2.05) is 0 Å². The molecule has 0 saturated carbocycles. The molecule has 0 spiro atoms. The number of ether oxygens (including phenoxy) is 1. The normalized spacial score (nSPS) is 12.8. The molecule has 1 N–H and O–H groups in total. The summed E-state index contributed by atoms with van der Waals surface area (Å²) in [5.41, 5.74) is -0.646. The van der Waals surface area contributed by atoms with Crippen LogP contribution in [-0.2, 0) is 9.53 Å². The molecule has 0 bridgehead atoms. The topological polar surface area (TPSA) is 38.3 Å². The summed E-state index contributed by atoms with van der Waals surface area (Å²) in [4.78, 5) is 11.3. The Morgan fingerprint density at radius 3 is 2.00 bits per heavy atom. The van der Waals surface area contributed by atoms with E-state index >= 15 is 0 Å². The quantitative estimate of drug-likeness (QED) is 0.728. The van der Waals surface area contributed by atoms with Crippen LogP contribution in [0.1, 0.15) is 34.6 Å². The van der Waals surface area contributed by atoms with Gasteiger partial charge in [0.25, 0.3) is 5.91 Å². The zero-order valence-electron chi connectivity index (χ0n) is 9.52. The number of hydrogen-bond donors (Lipinski definition) is 1. The second kappa shape index (κ2) is 4.09. The Kier molecular flexibility index (Phi) is 3.91. The molecule has 3 nitrogen and oxygen atoms in total. The monoisotopic (exact) mass is 187 g/mol. The molecule has 3 heteroatoms. The lowest BCUT2D eigenvalue weighted by atomic mass is 9.98. The van der Waals surface area contributed by atoms with E-state index in [9.17, 15) is 4.79 Å². The van der Waals surface area contributed by atoms with Crippen molar-refractivity contribution in [1.29, 1.82) is 0 Å². The summed E-state index contributed by atoms with van der Waals surface area (Å²) >= 11 is 0. The Labute approximate surface area is 80.8 Å². The highest BCUT2D eigenvalue weighted by atomic mass is 16.5. The first-order valence-electron chi connectivity index (χ1n) is 4.55. The predicted molar refractivity (Wildman–Crippen MR) is 53.6 cm³/mol. The largest absolute Gasteiger partial charge is 0.365 e. The van der Waals surface area contributed by atoms with Crippen LogP contribution in [0.3, 0.4) is 0 Å². The molecule has 0 aliphatic rings. The fourth-order valence-electron chi connectivity index (χ4n) is 0.764. The predicted octanol–water partition coefficient (Wildman–Crippen LogP) is 1.57. The minimum Gasteiger partial charge on any atom is -0.365 e. The number of likely N-dealkylation sites (N-methyl/N-ethyl adjacent to an activating group) is 1. The van der Waals surface area contributed by atoms with Crippen molar-refractivity contribution in [2.75, 3.05) is 13.7 Å². The first kappa shape index (κ1) is 12.4. The van der Waals surface area contributed by atoms with Gasteiger partial charge < -0.3 is 10.1 Å². The van der Waals surface area contributed by atoms with Crippen LogP contribution in [0.2, 0.25) is 0 Å². The van der Waals surface area contributed by atoms with Gasteiger partial charge in [-0.1, -0.05) is 20.8 Å². The second-order valence-corrected chi connectivity index (χ2v) is 4.94. The minimum absolute atomic E-state index is 0.0863. The zero-order valence-corrected chi connectivity index (χ0v) is 9.52. The number of hydrogen-bond acceptors (Lipinski definition) is 2. The Morgan fingerprint density at radius 1 is 1.23 bits per heavy atom. The molecule has 0 aromatic carbocycles. The molecule has 0 aromatic heterocycles. The van der Waals surface area contributed by atoms with Gasteiger partial charge in [-0.25, -0.2) is 0 Å². The van der Waals surface area contributed by atoms with Gasteiger partial charge in [0.2, 0.25) is 0 Å². The van der Waals surface area contributed by atoms with Gasteiger partial charge in [-0.2, -0.15) is 0 Å². The van der Waals surface area contributed by atoms with Crippen molar-refractivity contribution in [3.05, 3.63) is 0 Å². The fraction of sp³-hybridized carbons (Fsp3) is 0.900. The molecule has 0 radical (unpaired) electrons. The Hall–Kier alpha value is -0.570. The van der Waals surface area contributed by atoms with Crippen LogP contribution in [-0.4, -0.2) is 25.2 Å². The van der Waals surface area contributed by atoms with Crippen molar-refractivity contribution in [3.8, 4) is 0 Å². The average Bonchev–Trinajstić information content (AvgIpc) is 1.98. The average molecular weight is 187 g/mol. The highest BCUT2D eigenvalue weighted by Crippen LogP contribution is 2.18. The Bertz CT molecular complexity index is 180. The highest BCUT2D eigenvalue weighted by molar-refractivity contribution is 5.83. The second-order valence-electron chi connectivity index (χ2n) is 4.94. The molecule has 0 aromatic rings. The van der Waals surface area contributed by atoms with E-state index in [0.29, 0.717) is 6.61 Å². The summed E-state index contributed by atoms with van der Waals surface area (Å²) in [5, 5.41) is 2.58. The third kappa shape index (κ3) is 4.88. The maximum Gasteiger partial charge on any atom is 0.251 e. The van der Waals surface area contributed by atoms with Gasteiger partial charge in [-0.3, -0.25) is 4.79 Å². The van der Waals surface area contributed by atoms with Crippen molar-refractivity contribution in [3.63, 3.8) is 0 Å². The molecule has 0 unspecified atom stereocenters. The lowest BCUT2D eigenvalue weighted by Gasteiger charge is -2.28. The van der Waals surface area contributed by atoms with Gasteiger partial charge in [-0.15, -0.1) is 0 Å². The smallest absolute Gasteiger partial charge is 0.251 e. The van der Waals surface area contributed by atoms with Crippen LogP contribution >= 0.6 is 0 Å². The molecule has 0 aliphatic carbocycles. The van der Waals surface area contributed by atoms with Crippen LogP contribution in [0.15, 0.2) is 0 Å². The van der Waals surface area contributed by atoms with Gasteiger partial charge in [0.1, 0.15) is 5.60 Å². The van der Waals surface area contributed by atoms with Crippen LogP contribution < -0.4 is 5.32 Å². The van der Waals surface area contributed by atoms with Gasteiger partial charge in [0, 0.05) is 7.05 Å². The molecule has 0 atom stereocenters. The molecule has 0 heterocycles.